The van der Waals surface area contributed by atoms with Crippen molar-refractivity contribution in [2.75, 3.05) is 13.2 Å². The second-order valence-corrected chi connectivity index (χ2v) is 18.0. The van der Waals surface area contributed by atoms with Gasteiger partial charge in [0.1, 0.15) is 40.3 Å². The van der Waals surface area contributed by atoms with Crippen LogP contribution < -0.4 is 28.4 Å². The molecule has 0 unspecified atom stereocenters. The highest BCUT2D eigenvalue weighted by Gasteiger charge is 2.18. The van der Waals surface area contributed by atoms with E-state index in [-0.39, 0.29) is 34.1 Å². The van der Waals surface area contributed by atoms with E-state index in [2.05, 4.69) is 13.8 Å². The number of fused-ring (bicyclic) bond motifs is 1. The zero-order valence-electron chi connectivity index (χ0n) is 41.9. The smallest absolute Gasteiger partial charge is 0.346 e. The Balaban J connectivity index is 0.931. The van der Waals surface area contributed by atoms with Crippen molar-refractivity contribution in [3.63, 3.8) is 0 Å². The normalized spacial score (nSPS) is 11.2. The van der Waals surface area contributed by atoms with E-state index in [1.807, 2.05) is 24.3 Å². The quantitative estimate of drug-likeness (QED) is 0.0194. The highest BCUT2D eigenvalue weighted by Crippen LogP contribution is 2.28. The lowest BCUT2D eigenvalue weighted by molar-refractivity contribution is -0.130. The number of ether oxygens (including phenoxy) is 6. The van der Waals surface area contributed by atoms with Gasteiger partial charge in [0, 0.05) is 11.6 Å². The van der Waals surface area contributed by atoms with Crippen LogP contribution in [0.3, 0.4) is 0 Å². The topological polar surface area (TPSA) is 124 Å². The van der Waals surface area contributed by atoms with Crippen molar-refractivity contribution in [2.24, 2.45) is 0 Å². The molecular formula is C61H67FO10. The summed E-state index contributed by atoms with van der Waals surface area (Å²) in [6, 6.07) is 33.5. The number of unbranched alkanes of at least 4 members (excludes halogenated alkanes) is 14. The van der Waals surface area contributed by atoms with E-state index < -0.39 is 29.7 Å². The SMILES string of the molecule is CCCCCCCCCCCCOc1ccc(C(=O)Oc2ccc(C(=O)Oc3ccc4ccc(OC(=O)c5ccc(OC(=O)/C(C)=C/c6ccc(OCCCCCCCC)cc6)cc5F)cc4c3)cc2)cc1. The number of carbonyl (C=O) groups excluding carboxylic acids is 4. The van der Waals surface area contributed by atoms with Gasteiger partial charge in [0.2, 0.25) is 0 Å². The molecule has 6 aromatic carbocycles. The Labute approximate surface area is 423 Å². The number of carbonyl (C=O) groups is 4. The van der Waals surface area contributed by atoms with Gasteiger partial charge >= 0.3 is 23.9 Å². The van der Waals surface area contributed by atoms with Gasteiger partial charge in [-0.25, -0.2) is 23.6 Å². The maximum atomic E-state index is 15.2. The molecule has 11 heteroatoms. The molecule has 0 bridgehead atoms. The minimum absolute atomic E-state index is 0.0790. The molecular weight excluding hydrogens is 912 g/mol. The number of hydrogen-bond donors (Lipinski definition) is 0. The van der Waals surface area contributed by atoms with Gasteiger partial charge < -0.3 is 28.4 Å². The fourth-order valence-corrected chi connectivity index (χ4v) is 7.90. The highest BCUT2D eigenvalue weighted by molar-refractivity contribution is 5.96. The highest BCUT2D eigenvalue weighted by atomic mass is 19.1. The van der Waals surface area contributed by atoms with Crippen molar-refractivity contribution in [2.45, 2.75) is 124 Å². The summed E-state index contributed by atoms with van der Waals surface area (Å²) in [5.74, 6) is -1.79. The Morgan fingerprint density at radius 2 is 0.819 bits per heavy atom. The zero-order chi connectivity index (χ0) is 50.9. The lowest BCUT2D eigenvalue weighted by Crippen LogP contribution is -2.12. The molecule has 0 heterocycles. The van der Waals surface area contributed by atoms with Gasteiger partial charge in [-0.05, 0) is 139 Å². The van der Waals surface area contributed by atoms with Crippen LogP contribution in [-0.2, 0) is 4.79 Å². The number of rotatable bonds is 29. The van der Waals surface area contributed by atoms with Crippen molar-refractivity contribution in [3.8, 4) is 34.5 Å². The molecule has 6 aromatic rings. The molecule has 0 aliphatic heterocycles. The molecule has 6 rings (SSSR count). The first-order valence-electron chi connectivity index (χ1n) is 25.5. The molecule has 0 amide bonds. The van der Waals surface area contributed by atoms with E-state index in [0.29, 0.717) is 35.5 Å². The van der Waals surface area contributed by atoms with Gasteiger partial charge in [-0.1, -0.05) is 128 Å². The Morgan fingerprint density at radius 3 is 1.32 bits per heavy atom. The Hall–Kier alpha value is -7.27. The van der Waals surface area contributed by atoms with Crippen LogP contribution in [0.1, 0.15) is 160 Å². The summed E-state index contributed by atoms with van der Waals surface area (Å²) in [7, 11) is 0. The third-order valence-electron chi connectivity index (χ3n) is 12.1. The lowest BCUT2D eigenvalue weighted by Gasteiger charge is -2.10. The molecule has 0 saturated heterocycles. The van der Waals surface area contributed by atoms with Gasteiger partial charge in [0.15, 0.2) is 0 Å². The van der Waals surface area contributed by atoms with Crippen LogP contribution in [-0.4, -0.2) is 37.1 Å². The van der Waals surface area contributed by atoms with Crippen molar-refractivity contribution in [3.05, 3.63) is 161 Å². The third kappa shape index (κ3) is 17.8. The summed E-state index contributed by atoms with van der Waals surface area (Å²) < 4.78 is 49.1. The van der Waals surface area contributed by atoms with Crippen LogP contribution >= 0.6 is 0 Å². The summed E-state index contributed by atoms with van der Waals surface area (Å²) in [6.07, 6.45) is 21.3. The first kappa shape index (κ1) is 54.1. The standard InChI is InChI=1S/C61H67FO10/c1-4-6-8-10-12-13-14-15-17-19-39-68-51-30-24-47(25-31-51)59(64)69-52-32-26-48(27-33-52)60(65)71-53-34-22-46-23-35-54(42-49(46)41-53)72-61(66)56-37-36-55(43-57(56)62)70-58(63)44(3)40-45-20-28-50(29-21-45)67-38-18-16-11-9-7-5-2/h20-37,40-43H,4-19,38-39H2,1-3H3/b44-40+. The molecule has 0 aliphatic rings. The van der Waals surface area contributed by atoms with E-state index in [1.165, 1.54) is 113 Å². The second-order valence-electron chi connectivity index (χ2n) is 18.0. The maximum absolute atomic E-state index is 15.2. The first-order valence-corrected chi connectivity index (χ1v) is 25.5. The second kappa shape index (κ2) is 29.2. The third-order valence-corrected chi connectivity index (χ3v) is 12.1. The molecule has 72 heavy (non-hydrogen) atoms. The summed E-state index contributed by atoms with van der Waals surface area (Å²) >= 11 is 0. The molecule has 0 atom stereocenters. The van der Waals surface area contributed by atoms with Crippen LogP contribution in [0.25, 0.3) is 16.8 Å². The average molecular weight is 979 g/mol. The van der Waals surface area contributed by atoms with E-state index >= 15 is 4.39 Å². The van der Waals surface area contributed by atoms with Crippen LogP contribution in [0.2, 0.25) is 0 Å². The van der Waals surface area contributed by atoms with Gasteiger partial charge in [-0.15, -0.1) is 0 Å². The predicted molar refractivity (Wildman–Crippen MR) is 280 cm³/mol. The average Bonchev–Trinajstić information content (AvgIpc) is 3.38. The van der Waals surface area contributed by atoms with Crippen LogP contribution in [0.5, 0.6) is 34.5 Å². The molecule has 0 aliphatic carbocycles. The molecule has 0 aromatic heterocycles. The fraction of sp³-hybridized carbons (Fsp3) is 0.344. The Kier molecular flexibility index (Phi) is 21.9. The van der Waals surface area contributed by atoms with Crippen molar-refractivity contribution in [1.82, 2.24) is 0 Å². The summed E-state index contributed by atoms with van der Waals surface area (Å²) in [5.41, 5.74) is 1.29. The van der Waals surface area contributed by atoms with Crippen molar-refractivity contribution >= 4 is 40.7 Å². The Bertz CT molecular complexity index is 2710. The number of benzene rings is 6. The largest absolute Gasteiger partial charge is 0.494 e. The van der Waals surface area contributed by atoms with Gasteiger partial charge in [0.25, 0.3) is 0 Å². The van der Waals surface area contributed by atoms with Gasteiger partial charge in [-0.2, -0.15) is 0 Å². The van der Waals surface area contributed by atoms with E-state index in [4.69, 9.17) is 28.4 Å². The molecule has 0 radical (unpaired) electrons. The number of esters is 4. The van der Waals surface area contributed by atoms with E-state index in [9.17, 15) is 19.2 Å². The first-order chi connectivity index (χ1) is 35.1. The van der Waals surface area contributed by atoms with E-state index in [0.717, 1.165) is 48.4 Å². The molecule has 10 nitrogen and oxygen atoms in total. The monoisotopic (exact) mass is 978 g/mol. The predicted octanol–water partition coefficient (Wildman–Crippen LogP) is 15.7. The summed E-state index contributed by atoms with van der Waals surface area (Å²) in [5, 5.41) is 1.35. The van der Waals surface area contributed by atoms with Gasteiger partial charge in [-0.3, -0.25) is 0 Å². The van der Waals surface area contributed by atoms with Crippen LogP contribution in [0, 0.1) is 5.82 Å². The minimum Gasteiger partial charge on any atom is -0.494 e. The van der Waals surface area contributed by atoms with Crippen LogP contribution in [0.4, 0.5) is 4.39 Å². The molecule has 0 saturated carbocycles. The summed E-state index contributed by atoms with van der Waals surface area (Å²) in [6.45, 7) is 7.32. The minimum atomic E-state index is -0.963. The molecule has 0 fully saturated rings. The van der Waals surface area contributed by atoms with Crippen molar-refractivity contribution in [1.29, 1.82) is 0 Å². The molecule has 0 spiro atoms. The fourth-order valence-electron chi connectivity index (χ4n) is 7.90. The maximum Gasteiger partial charge on any atom is 0.346 e. The molecule has 378 valence electrons. The number of halogens is 1. The van der Waals surface area contributed by atoms with Gasteiger partial charge in [0.05, 0.1) is 29.9 Å². The van der Waals surface area contributed by atoms with Crippen LogP contribution in [0.15, 0.2) is 133 Å². The number of hydrogen-bond acceptors (Lipinski definition) is 10. The zero-order valence-corrected chi connectivity index (χ0v) is 41.9. The van der Waals surface area contributed by atoms with Crippen molar-refractivity contribution < 1.29 is 52.0 Å². The van der Waals surface area contributed by atoms with E-state index in [1.54, 1.807) is 73.7 Å². The molecule has 0 N–H and O–H groups in total. The summed E-state index contributed by atoms with van der Waals surface area (Å²) in [4.78, 5) is 51.9. The Morgan fingerprint density at radius 1 is 0.417 bits per heavy atom. The lowest BCUT2D eigenvalue weighted by atomic mass is 10.1.